The summed E-state index contributed by atoms with van der Waals surface area (Å²) in [4.78, 5) is 11.6. The molecule has 2 nitrogen and oxygen atoms in total. The largest absolute Gasteiger partial charge is 0.462 e. The Morgan fingerprint density at radius 2 is 2.20 bits per heavy atom. The quantitative estimate of drug-likeness (QED) is 0.725. The van der Waals surface area contributed by atoms with E-state index in [2.05, 4.69) is 6.07 Å². The number of thiophene rings is 1. The molecule has 0 aliphatic heterocycles. The van der Waals surface area contributed by atoms with E-state index in [1.54, 1.807) is 11.3 Å². The third-order valence-electron chi connectivity index (χ3n) is 2.37. The summed E-state index contributed by atoms with van der Waals surface area (Å²) in [5, 5.41) is 3.22. The molecule has 1 aromatic heterocycles. The minimum Gasteiger partial charge on any atom is -0.462 e. The van der Waals surface area contributed by atoms with Crippen LogP contribution >= 0.6 is 11.3 Å². The van der Waals surface area contributed by atoms with Crippen LogP contribution in [0.25, 0.3) is 10.1 Å². The van der Waals surface area contributed by atoms with E-state index in [1.165, 1.54) is 10.1 Å². The number of hydrogen-bond donors (Lipinski definition) is 0. The van der Waals surface area contributed by atoms with E-state index in [1.807, 2.05) is 31.4 Å². The van der Waals surface area contributed by atoms with E-state index in [4.69, 9.17) is 4.74 Å². The smallest absolute Gasteiger partial charge is 0.338 e. The second-order valence-corrected chi connectivity index (χ2v) is 4.21. The third kappa shape index (κ3) is 1.75. The summed E-state index contributed by atoms with van der Waals surface area (Å²) in [6.45, 7) is 4.20. The predicted octanol–water partition coefficient (Wildman–Crippen LogP) is 3.39. The van der Waals surface area contributed by atoms with Crippen LogP contribution in [0.2, 0.25) is 0 Å². The van der Waals surface area contributed by atoms with Crippen LogP contribution in [0.4, 0.5) is 0 Å². The summed E-state index contributed by atoms with van der Waals surface area (Å²) >= 11 is 1.66. The lowest BCUT2D eigenvalue weighted by molar-refractivity contribution is 0.0526. The molecule has 0 bridgehead atoms. The molecule has 78 valence electrons. The summed E-state index contributed by atoms with van der Waals surface area (Å²) < 4.78 is 6.17. The zero-order valence-corrected chi connectivity index (χ0v) is 9.56. The standard InChI is InChI=1S/C12H12O2S/c1-3-14-12(13)10-5-4-9-6-7-15-11(9)8(10)2/h4-7H,3H2,1-2H3. The Balaban J connectivity index is 2.52. The first-order valence-electron chi connectivity index (χ1n) is 4.88. The molecule has 0 aliphatic carbocycles. The molecule has 0 amide bonds. The van der Waals surface area contributed by atoms with Crippen LogP contribution in [0.1, 0.15) is 22.8 Å². The van der Waals surface area contributed by atoms with Gasteiger partial charge in [0.25, 0.3) is 0 Å². The van der Waals surface area contributed by atoms with Crippen molar-refractivity contribution in [2.75, 3.05) is 6.61 Å². The van der Waals surface area contributed by atoms with Crippen LogP contribution in [0, 0.1) is 6.92 Å². The Morgan fingerprint density at radius 3 is 2.93 bits per heavy atom. The van der Waals surface area contributed by atoms with Gasteiger partial charge in [-0.2, -0.15) is 0 Å². The zero-order chi connectivity index (χ0) is 10.8. The van der Waals surface area contributed by atoms with Gasteiger partial charge in [0, 0.05) is 4.70 Å². The number of rotatable bonds is 2. The Hall–Kier alpha value is -1.35. The third-order valence-corrected chi connectivity index (χ3v) is 3.41. The lowest BCUT2D eigenvalue weighted by Gasteiger charge is -2.05. The maximum Gasteiger partial charge on any atom is 0.338 e. The van der Waals surface area contributed by atoms with Crippen molar-refractivity contribution in [1.29, 1.82) is 0 Å². The number of carbonyl (C=O) groups excluding carboxylic acids is 1. The molecule has 2 aromatic rings. The Bertz CT molecular complexity index is 499. The number of ether oxygens (including phenoxy) is 1. The summed E-state index contributed by atoms with van der Waals surface area (Å²) in [6.07, 6.45) is 0. The van der Waals surface area contributed by atoms with Gasteiger partial charge in [0.2, 0.25) is 0 Å². The lowest BCUT2D eigenvalue weighted by Crippen LogP contribution is -2.06. The fourth-order valence-electron chi connectivity index (χ4n) is 1.61. The minimum atomic E-state index is -0.231. The number of esters is 1. The number of benzene rings is 1. The Morgan fingerprint density at radius 1 is 1.40 bits per heavy atom. The molecule has 0 saturated heterocycles. The highest BCUT2D eigenvalue weighted by Crippen LogP contribution is 2.27. The second-order valence-electron chi connectivity index (χ2n) is 3.30. The van der Waals surface area contributed by atoms with E-state index in [9.17, 15) is 4.79 Å². The SMILES string of the molecule is CCOC(=O)c1ccc2ccsc2c1C. The number of hydrogen-bond acceptors (Lipinski definition) is 3. The van der Waals surface area contributed by atoms with Crippen LogP contribution in [0.5, 0.6) is 0 Å². The number of aryl methyl sites for hydroxylation is 1. The van der Waals surface area contributed by atoms with E-state index in [0.29, 0.717) is 12.2 Å². The molecule has 3 heteroatoms. The van der Waals surface area contributed by atoms with E-state index in [-0.39, 0.29) is 5.97 Å². The van der Waals surface area contributed by atoms with E-state index >= 15 is 0 Å². The van der Waals surface area contributed by atoms with Crippen LogP contribution < -0.4 is 0 Å². The predicted molar refractivity (Wildman–Crippen MR) is 62.5 cm³/mol. The molecule has 2 rings (SSSR count). The Kier molecular flexibility index (Phi) is 2.73. The highest BCUT2D eigenvalue weighted by Gasteiger charge is 2.12. The van der Waals surface area contributed by atoms with Crippen LogP contribution in [0.3, 0.4) is 0 Å². The van der Waals surface area contributed by atoms with Crippen LogP contribution in [-0.2, 0) is 4.74 Å². The van der Waals surface area contributed by atoms with Gasteiger partial charge < -0.3 is 4.74 Å². The van der Waals surface area contributed by atoms with Crippen molar-refractivity contribution in [3.05, 3.63) is 34.7 Å². The fourth-order valence-corrected chi connectivity index (χ4v) is 2.52. The van der Waals surface area contributed by atoms with Crippen molar-refractivity contribution < 1.29 is 9.53 Å². The zero-order valence-electron chi connectivity index (χ0n) is 8.74. The molecule has 0 atom stereocenters. The molecule has 0 spiro atoms. The van der Waals surface area contributed by atoms with Gasteiger partial charge in [0.1, 0.15) is 0 Å². The van der Waals surface area contributed by atoms with Crippen LogP contribution in [0.15, 0.2) is 23.6 Å². The molecule has 0 N–H and O–H groups in total. The normalized spacial score (nSPS) is 10.5. The minimum absolute atomic E-state index is 0.231. The van der Waals surface area contributed by atoms with E-state index in [0.717, 1.165) is 5.56 Å². The summed E-state index contributed by atoms with van der Waals surface area (Å²) in [5.41, 5.74) is 1.69. The molecule has 0 unspecified atom stereocenters. The van der Waals surface area contributed by atoms with Gasteiger partial charge >= 0.3 is 5.97 Å². The molecule has 1 aromatic carbocycles. The van der Waals surface area contributed by atoms with Crippen LogP contribution in [-0.4, -0.2) is 12.6 Å². The second kappa shape index (κ2) is 4.03. The van der Waals surface area contributed by atoms with Crippen molar-refractivity contribution in [3.63, 3.8) is 0 Å². The maximum atomic E-state index is 11.6. The molecule has 0 aliphatic rings. The van der Waals surface area contributed by atoms with Gasteiger partial charge in [-0.3, -0.25) is 0 Å². The maximum absolute atomic E-state index is 11.6. The van der Waals surface area contributed by atoms with Crippen molar-refractivity contribution in [2.24, 2.45) is 0 Å². The van der Waals surface area contributed by atoms with Gasteiger partial charge in [0.05, 0.1) is 12.2 Å². The van der Waals surface area contributed by atoms with Gasteiger partial charge in [-0.1, -0.05) is 6.07 Å². The molecular formula is C12H12O2S. The van der Waals surface area contributed by atoms with Crippen molar-refractivity contribution in [3.8, 4) is 0 Å². The molecular weight excluding hydrogens is 208 g/mol. The summed E-state index contributed by atoms with van der Waals surface area (Å²) in [5.74, 6) is -0.231. The molecule has 15 heavy (non-hydrogen) atoms. The first-order valence-corrected chi connectivity index (χ1v) is 5.76. The van der Waals surface area contributed by atoms with Crippen molar-refractivity contribution >= 4 is 27.4 Å². The Labute approximate surface area is 92.5 Å². The number of fused-ring (bicyclic) bond motifs is 1. The molecule has 1 heterocycles. The summed E-state index contributed by atoms with van der Waals surface area (Å²) in [6, 6.07) is 5.86. The van der Waals surface area contributed by atoms with Gasteiger partial charge in [-0.05, 0) is 42.3 Å². The highest BCUT2D eigenvalue weighted by atomic mass is 32.1. The lowest BCUT2D eigenvalue weighted by atomic mass is 10.1. The van der Waals surface area contributed by atoms with E-state index < -0.39 is 0 Å². The van der Waals surface area contributed by atoms with Crippen molar-refractivity contribution in [1.82, 2.24) is 0 Å². The van der Waals surface area contributed by atoms with Gasteiger partial charge in [0.15, 0.2) is 0 Å². The molecule has 0 radical (unpaired) electrons. The monoisotopic (exact) mass is 220 g/mol. The molecule has 0 saturated carbocycles. The fraction of sp³-hybridized carbons (Fsp3) is 0.250. The number of carbonyl (C=O) groups is 1. The van der Waals surface area contributed by atoms with Crippen molar-refractivity contribution in [2.45, 2.75) is 13.8 Å². The molecule has 0 fully saturated rings. The van der Waals surface area contributed by atoms with Gasteiger partial charge in [-0.15, -0.1) is 11.3 Å². The first kappa shape index (κ1) is 10.2. The average Bonchev–Trinajstić information content (AvgIpc) is 2.67. The topological polar surface area (TPSA) is 26.3 Å². The summed E-state index contributed by atoms with van der Waals surface area (Å²) in [7, 11) is 0. The average molecular weight is 220 g/mol. The highest BCUT2D eigenvalue weighted by molar-refractivity contribution is 7.17. The first-order chi connectivity index (χ1) is 7.24. The van der Waals surface area contributed by atoms with Gasteiger partial charge in [-0.25, -0.2) is 4.79 Å².